The molecule has 0 saturated heterocycles. The standard InChI is InChI=1S/C14H23NOS/c1-4-15-8-13-5-6-14(12(3)7-13)17-10-11(2)9-16/h5-7,11,15-16H,4,8-10H2,1-3H3. The normalized spacial score (nSPS) is 12.7. The summed E-state index contributed by atoms with van der Waals surface area (Å²) in [5, 5.41) is 12.3. The van der Waals surface area contributed by atoms with E-state index in [9.17, 15) is 0 Å². The second-order valence-corrected chi connectivity index (χ2v) is 5.54. The maximum Gasteiger partial charge on any atom is 0.0464 e. The molecule has 0 fully saturated rings. The molecule has 0 aliphatic carbocycles. The van der Waals surface area contributed by atoms with Gasteiger partial charge in [0.15, 0.2) is 0 Å². The lowest BCUT2D eigenvalue weighted by Crippen LogP contribution is -2.11. The molecule has 1 aromatic carbocycles. The predicted octanol–water partition coefficient (Wildman–Crippen LogP) is 2.83. The van der Waals surface area contributed by atoms with E-state index in [1.165, 1.54) is 16.0 Å². The van der Waals surface area contributed by atoms with Gasteiger partial charge in [-0.2, -0.15) is 0 Å². The summed E-state index contributed by atoms with van der Waals surface area (Å²) in [5.41, 5.74) is 2.67. The van der Waals surface area contributed by atoms with Gasteiger partial charge in [-0.15, -0.1) is 11.8 Å². The minimum atomic E-state index is 0.268. The van der Waals surface area contributed by atoms with E-state index in [0.29, 0.717) is 5.92 Å². The molecule has 0 saturated carbocycles. The zero-order valence-electron chi connectivity index (χ0n) is 11.0. The van der Waals surface area contributed by atoms with Crippen LogP contribution in [-0.2, 0) is 6.54 Å². The topological polar surface area (TPSA) is 32.3 Å². The summed E-state index contributed by atoms with van der Waals surface area (Å²) in [6, 6.07) is 6.62. The van der Waals surface area contributed by atoms with E-state index in [2.05, 4.69) is 44.3 Å². The molecule has 3 heteroatoms. The van der Waals surface area contributed by atoms with Gasteiger partial charge in [0.2, 0.25) is 0 Å². The van der Waals surface area contributed by atoms with E-state index < -0.39 is 0 Å². The predicted molar refractivity (Wildman–Crippen MR) is 75.5 cm³/mol. The number of aliphatic hydroxyl groups is 1. The number of thioether (sulfide) groups is 1. The van der Waals surface area contributed by atoms with Crippen molar-refractivity contribution in [3.05, 3.63) is 29.3 Å². The number of benzene rings is 1. The average Bonchev–Trinajstić information content (AvgIpc) is 2.34. The van der Waals surface area contributed by atoms with Crippen LogP contribution >= 0.6 is 11.8 Å². The van der Waals surface area contributed by atoms with Gasteiger partial charge < -0.3 is 10.4 Å². The summed E-state index contributed by atoms with van der Waals surface area (Å²) in [7, 11) is 0. The highest BCUT2D eigenvalue weighted by molar-refractivity contribution is 7.99. The average molecular weight is 253 g/mol. The molecule has 96 valence electrons. The number of hydrogen-bond acceptors (Lipinski definition) is 3. The lowest BCUT2D eigenvalue weighted by atomic mass is 10.1. The zero-order chi connectivity index (χ0) is 12.7. The van der Waals surface area contributed by atoms with Crippen molar-refractivity contribution in [1.29, 1.82) is 0 Å². The van der Waals surface area contributed by atoms with E-state index in [4.69, 9.17) is 5.11 Å². The largest absolute Gasteiger partial charge is 0.396 e. The van der Waals surface area contributed by atoms with Crippen molar-refractivity contribution >= 4 is 11.8 Å². The van der Waals surface area contributed by atoms with Gasteiger partial charge in [-0.05, 0) is 36.6 Å². The molecule has 0 heterocycles. The molecule has 17 heavy (non-hydrogen) atoms. The van der Waals surface area contributed by atoms with Crippen molar-refractivity contribution in [2.45, 2.75) is 32.2 Å². The van der Waals surface area contributed by atoms with E-state index in [0.717, 1.165) is 18.8 Å². The third kappa shape index (κ3) is 5.11. The second-order valence-electron chi connectivity index (χ2n) is 4.48. The Bertz CT molecular complexity index is 341. The van der Waals surface area contributed by atoms with Crippen molar-refractivity contribution in [3.8, 4) is 0 Å². The number of rotatable bonds is 7. The molecule has 0 aliphatic heterocycles. The van der Waals surface area contributed by atoms with Gasteiger partial charge in [-0.3, -0.25) is 0 Å². The first kappa shape index (κ1) is 14.6. The molecule has 0 aromatic heterocycles. The Labute approximate surface area is 109 Å². The molecular formula is C14H23NOS. The van der Waals surface area contributed by atoms with E-state index in [-0.39, 0.29) is 6.61 Å². The Kier molecular flexibility index (Phi) is 6.63. The van der Waals surface area contributed by atoms with Crippen LogP contribution in [0.5, 0.6) is 0 Å². The summed E-state index contributed by atoms with van der Waals surface area (Å²) in [6.07, 6.45) is 0. The highest BCUT2D eigenvalue weighted by atomic mass is 32.2. The second kappa shape index (κ2) is 7.75. The van der Waals surface area contributed by atoms with Gasteiger partial charge in [0.1, 0.15) is 0 Å². The quantitative estimate of drug-likeness (QED) is 0.733. The van der Waals surface area contributed by atoms with Gasteiger partial charge in [0.05, 0.1) is 0 Å². The third-order valence-electron chi connectivity index (χ3n) is 2.65. The van der Waals surface area contributed by atoms with E-state index in [1.807, 2.05) is 11.8 Å². The monoisotopic (exact) mass is 253 g/mol. The van der Waals surface area contributed by atoms with Crippen LogP contribution in [0.3, 0.4) is 0 Å². The Morgan fingerprint density at radius 2 is 2.18 bits per heavy atom. The van der Waals surface area contributed by atoms with Crippen molar-refractivity contribution in [2.75, 3.05) is 18.9 Å². The van der Waals surface area contributed by atoms with Gasteiger partial charge in [0.25, 0.3) is 0 Å². The molecule has 2 N–H and O–H groups in total. The minimum absolute atomic E-state index is 0.268. The Morgan fingerprint density at radius 3 is 2.76 bits per heavy atom. The van der Waals surface area contributed by atoms with Gasteiger partial charge >= 0.3 is 0 Å². The van der Waals surface area contributed by atoms with Gasteiger partial charge in [-0.25, -0.2) is 0 Å². The summed E-state index contributed by atoms with van der Waals surface area (Å²) >= 11 is 1.83. The van der Waals surface area contributed by atoms with Crippen molar-refractivity contribution in [3.63, 3.8) is 0 Å². The van der Waals surface area contributed by atoms with Crippen LogP contribution in [0.25, 0.3) is 0 Å². The van der Waals surface area contributed by atoms with E-state index in [1.54, 1.807) is 0 Å². The number of aryl methyl sites for hydroxylation is 1. The molecular weight excluding hydrogens is 230 g/mol. The molecule has 1 aromatic rings. The fourth-order valence-corrected chi connectivity index (χ4v) is 2.56. The van der Waals surface area contributed by atoms with Crippen molar-refractivity contribution < 1.29 is 5.11 Å². The Morgan fingerprint density at radius 1 is 1.41 bits per heavy atom. The molecule has 1 rings (SSSR count). The number of hydrogen-bond donors (Lipinski definition) is 2. The molecule has 0 radical (unpaired) electrons. The van der Waals surface area contributed by atoms with Crippen molar-refractivity contribution in [2.24, 2.45) is 5.92 Å². The van der Waals surface area contributed by atoms with Crippen LogP contribution in [0.1, 0.15) is 25.0 Å². The lowest BCUT2D eigenvalue weighted by Gasteiger charge is -2.11. The molecule has 0 aliphatic rings. The molecule has 1 unspecified atom stereocenters. The first-order valence-corrected chi connectivity index (χ1v) is 7.19. The smallest absolute Gasteiger partial charge is 0.0464 e. The van der Waals surface area contributed by atoms with Crippen LogP contribution in [0, 0.1) is 12.8 Å². The van der Waals surface area contributed by atoms with Crippen LogP contribution < -0.4 is 5.32 Å². The molecule has 0 spiro atoms. The number of aliphatic hydroxyl groups excluding tert-OH is 1. The SMILES string of the molecule is CCNCc1ccc(SCC(C)CO)c(C)c1. The maximum atomic E-state index is 9.00. The first-order chi connectivity index (χ1) is 8.17. The Balaban J connectivity index is 2.56. The highest BCUT2D eigenvalue weighted by Crippen LogP contribution is 2.25. The lowest BCUT2D eigenvalue weighted by molar-refractivity contribution is 0.250. The molecule has 2 nitrogen and oxygen atoms in total. The van der Waals surface area contributed by atoms with Gasteiger partial charge in [0, 0.05) is 23.8 Å². The zero-order valence-corrected chi connectivity index (χ0v) is 11.8. The fourth-order valence-electron chi connectivity index (χ4n) is 1.54. The van der Waals surface area contributed by atoms with Crippen molar-refractivity contribution in [1.82, 2.24) is 5.32 Å². The summed E-state index contributed by atoms with van der Waals surface area (Å²) in [5.74, 6) is 1.34. The first-order valence-electron chi connectivity index (χ1n) is 6.21. The summed E-state index contributed by atoms with van der Waals surface area (Å²) < 4.78 is 0. The maximum absolute atomic E-state index is 9.00. The Hall–Kier alpha value is -0.510. The van der Waals surface area contributed by atoms with Crippen LogP contribution in [0.15, 0.2) is 23.1 Å². The molecule has 1 atom stereocenters. The van der Waals surface area contributed by atoms with Crippen LogP contribution in [0.4, 0.5) is 0 Å². The fraction of sp³-hybridized carbons (Fsp3) is 0.571. The molecule has 0 bridgehead atoms. The molecule has 0 amide bonds. The number of nitrogens with one attached hydrogen (secondary N) is 1. The minimum Gasteiger partial charge on any atom is -0.396 e. The summed E-state index contributed by atoms with van der Waals surface area (Å²) in [4.78, 5) is 1.32. The highest BCUT2D eigenvalue weighted by Gasteiger charge is 2.04. The van der Waals surface area contributed by atoms with E-state index >= 15 is 0 Å². The van der Waals surface area contributed by atoms with Gasteiger partial charge in [-0.1, -0.05) is 26.0 Å². The van der Waals surface area contributed by atoms with Crippen LogP contribution in [0.2, 0.25) is 0 Å². The summed E-state index contributed by atoms with van der Waals surface area (Å²) in [6.45, 7) is 8.56. The van der Waals surface area contributed by atoms with Crippen LogP contribution in [-0.4, -0.2) is 24.0 Å². The third-order valence-corrected chi connectivity index (χ3v) is 4.16.